The first-order valence-electron chi connectivity index (χ1n) is 11.2. The van der Waals surface area contributed by atoms with Crippen LogP contribution in [0.4, 0.5) is 17.1 Å². The molecule has 1 aliphatic heterocycles. The maximum atomic E-state index is 12.8. The fourth-order valence-corrected chi connectivity index (χ4v) is 5.81. The summed E-state index contributed by atoms with van der Waals surface area (Å²) in [6, 6.07) is 16.4. The molecule has 13 heteroatoms. The molecule has 1 heterocycles. The number of hydrogen-bond acceptors (Lipinski definition) is 7. The lowest BCUT2D eigenvalue weighted by molar-refractivity contribution is -0.114. The van der Waals surface area contributed by atoms with Crippen molar-refractivity contribution in [3.63, 3.8) is 0 Å². The first-order chi connectivity index (χ1) is 17.6. The molecule has 0 radical (unpaired) electrons. The van der Waals surface area contributed by atoms with Crippen molar-refractivity contribution in [3.8, 4) is 11.5 Å². The van der Waals surface area contributed by atoms with Gasteiger partial charge < -0.3 is 14.8 Å². The third-order valence-electron chi connectivity index (χ3n) is 5.33. The summed E-state index contributed by atoms with van der Waals surface area (Å²) in [5.41, 5.74) is 0.860. The first kappa shape index (κ1) is 26.6. The summed E-state index contributed by atoms with van der Waals surface area (Å²) in [7, 11) is -7.70. The lowest BCUT2D eigenvalue weighted by atomic mass is 10.2. The summed E-state index contributed by atoms with van der Waals surface area (Å²) in [6.07, 6.45) is 0. The maximum Gasteiger partial charge on any atom is 0.261 e. The second-order valence-corrected chi connectivity index (χ2v) is 12.2. The lowest BCUT2D eigenvalue weighted by Gasteiger charge is -2.25. The second-order valence-electron chi connectivity index (χ2n) is 7.92. The number of halogens is 1. The number of fused-ring (bicyclic) bond motifs is 1. The molecule has 0 aliphatic carbocycles. The molecule has 37 heavy (non-hydrogen) atoms. The lowest BCUT2D eigenvalue weighted by Crippen LogP contribution is -2.39. The minimum Gasteiger partial charge on any atom is -0.486 e. The molecule has 0 bridgehead atoms. The fourth-order valence-electron chi connectivity index (χ4n) is 3.51. The zero-order valence-electron chi connectivity index (χ0n) is 19.7. The average Bonchev–Trinajstić information content (AvgIpc) is 2.87. The SMILES string of the molecule is CCS(=O)(=O)N(CC(=O)Nc1ccc(S(=O)(=O)Nc2cccc(Cl)c2)cc1)c1ccc2c(c1)OCCO2. The van der Waals surface area contributed by atoms with Crippen LogP contribution in [0.25, 0.3) is 0 Å². The number of hydrogen-bond donors (Lipinski definition) is 2. The number of ether oxygens (including phenoxy) is 2. The minimum atomic E-state index is -3.89. The zero-order chi connectivity index (χ0) is 26.6. The normalized spacial score (nSPS) is 13.0. The molecule has 1 aliphatic rings. The van der Waals surface area contributed by atoms with Gasteiger partial charge in [-0.05, 0) is 61.5 Å². The van der Waals surface area contributed by atoms with E-state index in [4.69, 9.17) is 21.1 Å². The molecule has 0 saturated heterocycles. The van der Waals surface area contributed by atoms with E-state index in [1.165, 1.54) is 43.3 Å². The van der Waals surface area contributed by atoms with Crippen molar-refractivity contribution in [2.24, 2.45) is 0 Å². The molecule has 4 rings (SSSR count). The Morgan fingerprint density at radius 3 is 2.30 bits per heavy atom. The Balaban J connectivity index is 1.47. The van der Waals surface area contributed by atoms with Gasteiger partial charge in [0.1, 0.15) is 19.8 Å². The number of sulfonamides is 2. The van der Waals surface area contributed by atoms with Gasteiger partial charge in [-0.15, -0.1) is 0 Å². The highest BCUT2D eigenvalue weighted by molar-refractivity contribution is 7.93. The smallest absolute Gasteiger partial charge is 0.261 e. The van der Waals surface area contributed by atoms with Gasteiger partial charge in [-0.3, -0.25) is 13.8 Å². The van der Waals surface area contributed by atoms with Gasteiger partial charge in [0.2, 0.25) is 15.9 Å². The fraction of sp³-hybridized carbons (Fsp3) is 0.208. The van der Waals surface area contributed by atoms with Crippen molar-refractivity contribution in [3.05, 3.63) is 71.8 Å². The molecule has 0 unspecified atom stereocenters. The van der Waals surface area contributed by atoms with Crippen molar-refractivity contribution in [2.75, 3.05) is 39.9 Å². The Morgan fingerprint density at radius 2 is 1.62 bits per heavy atom. The predicted octanol–water partition coefficient (Wildman–Crippen LogP) is 3.71. The Morgan fingerprint density at radius 1 is 0.919 bits per heavy atom. The van der Waals surface area contributed by atoms with E-state index in [0.717, 1.165) is 4.31 Å². The van der Waals surface area contributed by atoms with Crippen LogP contribution in [-0.4, -0.2) is 48.3 Å². The molecular formula is C24H24ClN3O7S2. The summed E-state index contributed by atoms with van der Waals surface area (Å²) in [6.45, 7) is 1.71. The van der Waals surface area contributed by atoms with Crippen LogP contribution >= 0.6 is 11.6 Å². The molecular weight excluding hydrogens is 542 g/mol. The van der Waals surface area contributed by atoms with Crippen molar-refractivity contribution in [1.29, 1.82) is 0 Å². The average molecular weight is 566 g/mol. The molecule has 196 valence electrons. The number of carbonyl (C=O) groups is 1. The molecule has 10 nitrogen and oxygen atoms in total. The van der Waals surface area contributed by atoms with E-state index in [9.17, 15) is 21.6 Å². The topological polar surface area (TPSA) is 131 Å². The molecule has 2 N–H and O–H groups in total. The van der Waals surface area contributed by atoms with Gasteiger partial charge in [-0.2, -0.15) is 0 Å². The number of anilines is 3. The van der Waals surface area contributed by atoms with Gasteiger partial charge in [0.05, 0.1) is 22.0 Å². The molecule has 0 spiro atoms. The molecule has 0 fully saturated rings. The van der Waals surface area contributed by atoms with E-state index in [1.54, 1.807) is 30.3 Å². The highest BCUT2D eigenvalue weighted by atomic mass is 35.5. The van der Waals surface area contributed by atoms with Crippen LogP contribution in [0.3, 0.4) is 0 Å². The Hall–Kier alpha value is -3.48. The number of carbonyl (C=O) groups excluding carboxylic acids is 1. The zero-order valence-corrected chi connectivity index (χ0v) is 22.1. The maximum absolute atomic E-state index is 12.8. The molecule has 3 aromatic carbocycles. The third kappa shape index (κ3) is 6.45. The summed E-state index contributed by atoms with van der Waals surface area (Å²) in [5, 5.41) is 2.99. The van der Waals surface area contributed by atoms with Gasteiger partial charge in [0, 0.05) is 16.8 Å². The Kier molecular flexibility index (Phi) is 7.81. The van der Waals surface area contributed by atoms with Crippen molar-refractivity contribution < 1.29 is 31.1 Å². The van der Waals surface area contributed by atoms with Crippen molar-refractivity contribution in [2.45, 2.75) is 11.8 Å². The van der Waals surface area contributed by atoms with Gasteiger partial charge >= 0.3 is 0 Å². The van der Waals surface area contributed by atoms with Crippen LogP contribution in [0, 0.1) is 0 Å². The van der Waals surface area contributed by atoms with Crippen LogP contribution in [-0.2, 0) is 24.8 Å². The van der Waals surface area contributed by atoms with E-state index in [1.807, 2.05) is 0 Å². The first-order valence-corrected chi connectivity index (χ1v) is 14.6. The highest BCUT2D eigenvalue weighted by Gasteiger charge is 2.25. The highest BCUT2D eigenvalue weighted by Crippen LogP contribution is 2.35. The number of benzene rings is 3. The summed E-state index contributed by atoms with van der Waals surface area (Å²) in [4.78, 5) is 12.8. The van der Waals surface area contributed by atoms with Crippen LogP contribution in [0.2, 0.25) is 5.02 Å². The Labute approximate surface area is 220 Å². The van der Waals surface area contributed by atoms with Gasteiger partial charge in [0.25, 0.3) is 10.0 Å². The predicted molar refractivity (Wildman–Crippen MR) is 142 cm³/mol. The van der Waals surface area contributed by atoms with Gasteiger partial charge in [0.15, 0.2) is 11.5 Å². The molecule has 0 atom stereocenters. The number of nitrogens with one attached hydrogen (secondary N) is 2. The molecule has 0 saturated carbocycles. The summed E-state index contributed by atoms with van der Waals surface area (Å²) in [5.74, 6) is 0.0531. The van der Waals surface area contributed by atoms with E-state index in [0.29, 0.717) is 41.1 Å². The number of nitrogens with zero attached hydrogens (tertiary/aromatic N) is 1. The quantitative estimate of drug-likeness (QED) is 0.404. The molecule has 1 amide bonds. The monoisotopic (exact) mass is 565 g/mol. The summed E-state index contributed by atoms with van der Waals surface area (Å²) < 4.78 is 65.3. The number of rotatable bonds is 9. The van der Waals surface area contributed by atoms with Crippen LogP contribution in [0.15, 0.2) is 71.6 Å². The molecule has 0 aromatic heterocycles. The Bertz CT molecular complexity index is 1510. The van der Waals surface area contributed by atoms with Gasteiger partial charge in [-0.25, -0.2) is 16.8 Å². The second kappa shape index (κ2) is 10.9. The van der Waals surface area contributed by atoms with E-state index in [2.05, 4.69) is 10.0 Å². The van der Waals surface area contributed by atoms with Gasteiger partial charge in [-0.1, -0.05) is 17.7 Å². The van der Waals surface area contributed by atoms with Crippen molar-refractivity contribution in [1.82, 2.24) is 0 Å². The minimum absolute atomic E-state index is 0.0306. The van der Waals surface area contributed by atoms with Crippen LogP contribution in [0.1, 0.15) is 6.92 Å². The molecule has 3 aromatic rings. The van der Waals surface area contributed by atoms with Crippen LogP contribution < -0.4 is 23.8 Å². The third-order valence-corrected chi connectivity index (χ3v) is 8.70. The largest absolute Gasteiger partial charge is 0.486 e. The standard InChI is InChI=1S/C24H24ClN3O7S2/c1-2-36(30,31)28(20-8-11-22-23(15-20)35-13-12-34-22)16-24(29)26-18-6-9-21(10-7-18)37(32,33)27-19-5-3-4-17(25)14-19/h3-11,14-15,27H,2,12-13,16H2,1H3,(H,26,29). The van der Waals surface area contributed by atoms with E-state index >= 15 is 0 Å². The van der Waals surface area contributed by atoms with E-state index < -0.39 is 32.5 Å². The van der Waals surface area contributed by atoms with E-state index in [-0.39, 0.29) is 16.3 Å². The number of amides is 1. The van der Waals surface area contributed by atoms with Crippen molar-refractivity contribution >= 4 is 54.6 Å². The van der Waals surface area contributed by atoms with Crippen LogP contribution in [0.5, 0.6) is 11.5 Å². The summed E-state index contributed by atoms with van der Waals surface area (Å²) >= 11 is 5.90.